The molecule has 0 unspecified atom stereocenters. The molecule has 98 valence electrons. The molecule has 2 rings (SSSR count). The summed E-state index contributed by atoms with van der Waals surface area (Å²) in [6, 6.07) is 9.48. The highest BCUT2D eigenvalue weighted by molar-refractivity contribution is 5.59. The van der Waals surface area contributed by atoms with Gasteiger partial charge in [-0.1, -0.05) is 6.08 Å². The number of rotatable bonds is 6. The number of hydrogen-bond acceptors (Lipinski definition) is 5. The molecule has 2 aromatic rings. The van der Waals surface area contributed by atoms with Gasteiger partial charge in [-0.2, -0.15) is 0 Å². The lowest BCUT2D eigenvalue weighted by Gasteiger charge is -2.08. The van der Waals surface area contributed by atoms with E-state index in [2.05, 4.69) is 27.2 Å². The Morgan fingerprint density at radius 1 is 1.21 bits per heavy atom. The normalized spacial score (nSPS) is 9.74. The Morgan fingerprint density at radius 2 is 1.95 bits per heavy atom. The van der Waals surface area contributed by atoms with Gasteiger partial charge in [0.25, 0.3) is 0 Å². The van der Waals surface area contributed by atoms with E-state index in [1.165, 1.54) is 6.33 Å². The summed E-state index contributed by atoms with van der Waals surface area (Å²) in [7, 11) is 1.64. The Morgan fingerprint density at radius 3 is 2.63 bits per heavy atom. The zero-order valence-corrected chi connectivity index (χ0v) is 10.8. The monoisotopic (exact) mass is 256 g/mol. The molecule has 0 aliphatic heterocycles. The molecule has 0 bridgehead atoms. The fraction of sp³-hybridized carbons (Fsp3) is 0.143. The smallest absolute Gasteiger partial charge is 0.135 e. The van der Waals surface area contributed by atoms with Crippen molar-refractivity contribution in [1.29, 1.82) is 0 Å². The standard InChI is InChI=1S/C14H16N4O/c1-3-8-15-13-9-14(17-10-16-13)18-11-4-6-12(19-2)7-5-11/h3-7,9-10H,1,8H2,2H3,(H2,15,16,17,18). The zero-order chi connectivity index (χ0) is 13.5. The van der Waals surface area contributed by atoms with Gasteiger partial charge in [-0.25, -0.2) is 9.97 Å². The number of hydrogen-bond donors (Lipinski definition) is 2. The van der Waals surface area contributed by atoms with Gasteiger partial charge < -0.3 is 15.4 Å². The van der Waals surface area contributed by atoms with Gasteiger partial charge in [0.1, 0.15) is 23.7 Å². The second kappa shape index (κ2) is 6.39. The number of anilines is 3. The van der Waals surface area contributed by atoms with Crippen molar-refractivity contribution < 1.29 is 4.74 Å². The highest BCUT2D eigenvalue weighted by Crippen LogP contribution is 2.19. The first-order valence-electron chi connectivity index (χ1n) is 5.89. The molecule has 0 fully saturated rings. The molecule has 5 heteroatoms. The number of ether oxygens (including phenoxy) is 1. The van der Waals surface area contributed by atoms with Crippen molar-refractivity contribution >= 4 is 17.3 Å². The summed E-state index contributed by atoms with van der Waals surface area (Å²) in [4.78, 5) is 8.28. The predicted molar refractivity (Wildman–Crippen MR) is 77.0 cm³/mol. The van der Waals surface area contributed by atoms with Crippen LogP contribution >= 0.6 is 0 Å². The SMILES string of the molecule is C=CCNc1cc(Nc2ccc(OC)cc2)ncn1. The fourth-order valence-corrected chi connectivity index (χ4v) is 1.52. The lowest BCUT2D eigenvalue weighted by molar-refractivity contribution is 0.415. The van der Waals surface area contributed by atoms with Crippen LogP contribution in [0.3, 0.4) is 0 Å². The van der Waals surface area contributed by atoms with Crippen LogP contribution in [0.1, 0.15) is 0 Å². The molecule has 19 heavy (non-hydrogen) atoms. The Bertz CT molecular complexity index is 539. The van der Waals surface area contributed by atoms with Crippen molar-refractivity contribution in [3.05, 3.63) is 49.3 Å². The number of nitrogens with one attached hydrogen (secondary N) is 2. The van der Waals surface area contributed by atoms with E-state index >= 15 is 0 Å². The highest BCUT2D eigenvalue weighted by atomic mass is 16.5. The van der Waals surface area contributed by atoms with E-state index in [-0.39, 0.29) is 0 Å². The average molecular weight is 256 g/mol. The first-order valence-corrected chi connectivity index (χ1v) is 5.89. The van der Waals surface area contributed by atoms with E-state index in [9.17, 15) is 0 Å². The average Bonchev–Trinajstić information content (AvgIpc) is 2.46. The minimum Gasteiger partial charge on any atom is -0.497 e. The summed E-state index contributed by atoms with van der Waals surface area (Å²) in [6.07, 6.45) is 3.29. The number of methoxy groups -OCH3 is 1. The lowest BCUT2D eigenvalue weighted by atomic mass is 10.3. The Labute approximate surface area is 112 Å². The first kappa shape index (κ1) is 12.9. The molecule has 0 aliphatic carbocycles. The number of aromatic nitrogens is 2. The topological polar surface area (TPSA) is 59.1 Å². The summed E-state index contributed by atoms with van der Waals surface area (Å²) >= 11 is 0. The molecule has 0 saturated carbocycles. The molecule has 1 aromatic heterocycles. The third kappa shape index (κ3) is 3.70. The van der Waals surface area contributed by atoms with Gasteiger partial charge in [-0.05, 0) is 24.3 Å². The van der Waals surface area contributed by atoms with Crippen LogP contribution in [0.15, 0.2) is 49.3 Å². The fourth-order valence-electron chi connectivity index (χ4n) is 1.52. The molecule has 0 aliphatic rings. The molecular formula is C14H16N4O. The Hall–Kier alpha value is -2.56. The molecule has 2 N–H and O–H groups in total. The summed E-state index contributed by atoms with van der Waals surface area (Å²) < 4.78 is 5.11. The van der Waals surface area contributed by atoms with Crippen molar-refractivity contribution in [3.63, 3.8) is 0 Å². The highest BCUT2D eigenvalue weighted by Gasteiger charge is 1.99. The molecule has 0 spiro atoms. The minimum atomic E-state index is 0.666. The van der Waals surface area contributed by atoms with Crippen molar-refractivity contribution in [1.82, 2.24) is 9.97 Å². The van der Waals surface area contributed by atoms with Crippen LogP contribution in [0, 0.1) is 0 Å². The van der Waals surface area contributed by atoms with E-state index in [0.29, 0.717) is 6.54 Å². The molecule has 1 aromatic carbocycles. The Balaban J connectivity index is 2.06. The number of nitrogens with zero attached hydrogens (tertiary/aromatic N) is 2. The van der Waals surface area contributed by atoms with Crippen LogP contribution in [0.4, 0.5) is 17.3 Å². The van der Waals surface area contributed by atoms with Crippen LogP contribution in [-0.4, -0.2) is 23.6 Å². The molecule has 5 nitrogen and oxygen atoms in total. The molecule has 0 radical (unpaired) electrons. The van der Waals surface area contributed by atoms with Crippen molar-refractivity contribution in [2.45, 2.75) is 0 Å². The third-order valence-corrected chi connectivity index (χ3v) is 2.46. The lowest BCUT2D eigenvalue weighted by Crippen LogP contribution is -2.02. The van der Waals surface area contributed by atoms with Crippen molar-refractivity contribution in [2.75, 3.05) is 24.3 Å². The van der Waals surface area contributed by atoms with E-state index < -0.39 is 0 Å². The summed E-state index contributed by atoms with van der Waals surface area (Å²) in [5.41, 5.74) is 0.939. The maximum absolute atomic E-state index is 5.11. The van der Waals surface area contributed by atoms with E-state index in [4.69, 9.17) is 4.74 Å². The molecule has 0 saturated heterocycles. The maximum atomic E-state index is 5.11. The predicted octanol–water partition coefficient (Wildman–Crippen LogP) is 2.83. The quantitative estimate of drug-likeness (QED) is 0.778. The van der Waals surface area contributed by atoms with Gasteiger partial charge in [-0.3, -0.25) is 0 Å². The zero-order valence-electron chi connectivity index (χ0n) is 10.8. The van der Waals surface area contributed by atoms with Crippen LogP contribution in [-0.2, 0) is 0 Å². The molecule has 0 amide bonds. The van der Waals surface area contributed by atoms with Crippen molar-refractivity contribution in [2.24, 2.45) is 0 Å². The van der Waals surface area contributed by atoms with Crippen LogP contribution in [0.5, 0.6) is 5.75 Å². The van der Waals surface area contributed by atoms with Crippen LogP contribution < -0.4 is 15.4 Å². The van der Waals surface area contributed by atoms with Crippen LogP contribution in [0.25, 0.3) is 0 Å². The van der Waals surface area contributed by atoms with Gasteiger partial charge in [-0.15, -0.1) is 6.58 Å². The molecule has 0 atom stereocenters. The van der Waals surface area contributed by atoms with E-state index in [0.717, 1.165) is 23.1 Å². The van der Waals surface area contributed by atoms with Gasteiger partial charge in [0.2, 0.25) is 0 Å². The van der Waals surface area contributed by atoms with Gasteiger partial charge in [0, 0.05) is 18.3 Å². The largest absolute Gasteiger partial charge is 0.497 e. The Kier molecular flexibility index (Phi) is 4.34. The molecular weight excluding hydrogens is 240 g/mol. The van der Waals surface area contributed by atoms with E-state index in [1.807, 2.05) is 30.3 Å². The third-order valence-electron chi connectivity index (χ3n) is 2.46. The maximum Gasteiger partial charge on any atom is 0.135 e. The minimum absolute atomic E-state index is 0.666. The van der Waals surface area contributed by atoms with Gasteiger partial charge in [0.15, 0.2) is 0 Å². The van der Waals surface area contributed by atoms with Crippen LogP contribution in [0.2, 0.25) is 0 Å². The number of benzene rings is 1. The second-order valence-corrected chi connectivity index (χ2v) is 3.81. The summed E-state index contributed by atoms with van der Waals surface area (Å²) in [6.45, 7) is 4.31. The first-order chi connectivity index (χ1) is 9.31. The van der Waals surface area contributed by atoms with Gasteiger partial charge in [0.05, 0.1) is 7.11 Å². The van der Waals surface area contributed by atoms with E-state index in [1.54, 1.807) is 13.2 Å². The summed E-state index contributed by atoms with van der Waals surface area (Å²) in [5.74, 6) is 2.30. The van der Waals surface area contributed by atoms with Gasteiger partial charge >= 0.3 is 0 Å². The van der Waals surface area contributed by atoms with Crippen molar-refractivity contribution in [3.8, 4) is 5.75 Å². The second-order valence-electron chi connectivity index (χ2n) is 3.81. The molecule has 1 heterocycles. The summed E-state index contributed by atoms with van der Waals surface area (Å²) in [5, 5.41) is 6.31.